The van der Waals surface area contributed by atoms with Crippen LogP contribution in [0.25, 0.3) is 5.57 Å². The number of amides is 1. The molecule has 0 bridgehead atoms. The number of aryl methyl sites for hydroxylation is 2. The van der Waals surface area contributed by atoms with Gasteiger partial charge in [-0.1, -0.05) is 15.9 Å². The Morgan fingerprint density at radius 1 is 1.23 bits per heavy atom. The smallest absolute Gasteiger partial charge is 0.434 e. The SMILES string of the molecule is CCOC(=O)OC1=C(c2cc(C)c(C)cc2Br)C(=O)N(OCO)C12CCN(OC)CC2. The number of carbonyl (C=O) groups is 2. The lowest BCUT2D eigenvalue weighted by atomic mass is 9.85. The molecule has 2 heterocycles. The maximum atomic E-state index is 13.6. The Morgan fingerprint density at radius 2 is 1.87 bits per heavy atom. The minimum atomic E-state index is -1.09. The Morgan fingerprint density at radius 3 is 2.45 bits per heavy atom. The van der Waals surface area contributed by atoms with E-state index in [0.29, 0.717) is 36.0 Å². The van der Waals surface area contributed by atoms with Gasteiger partial charge in [-0.3, -0.25) is 4.79 Å². The number of hydrogen-bond donors (Lipinski definition) is 1. The first kappa shape index (κ1) is 23.7. The van der Waals surface area contributed by atoms with Crippen LogP contribution in [0.2, 0.25) is 0 Å². The van der Waals surface area contributed by atoms with Gasteiger partial charge in [0.2, 0.25) is 0 Å². The zero-order valence-electron chi connectivity index (χ0n) is 18.1. The Labute approximate surface area is 189 Å². The van der Waals surface area contributed by atoms with E-state index in [9.17, 15) is 14.7 Å². The molecule has 2 aliphatic rings. The molecule has 1 amide bonds. The molecule has 0 saturated carbocycles. The highest BCUT2D eigenvalue weighted by Crippen LogP contribution is 2.48. The Hall–Kier alpha value is -1.98. The summed E-state index contributed by atoms with van der Waals surface area (Å²) in [6, 6.07) is 3.77. The summed E-state index contributed by atoms with van der Waals surface area (Å²) >= 11 is 3.54. The van der Waals surface area contributed by atoms with Crippen molar-refractivity contribution in [3.8, 4) is 0 Å². The van der Waals surface area contributed by atoms with Gasteiger partial charge in [0.05, 0.1) is 19.3 Å². The van der Waals surface area contributed by atoms with Crippen molar-refractivity contribution in [1.82, 2.24) is 10.1 Å². The van der Waals surface area contributed by atoms with Crippen LogP contribution in [0.15, 0.2) is 22.4 Å². The third kappa shape index (κ3) is 4.35. The molecule has 31 heavy (non-hydrogen) atoms. The molecule has 1 aromatic carbocycles. The third-order valence-electron chi connectivity index (χ3n) is 5.73. The van der Waals surface area contributed by atoms with Crippen molar-refractivity contribution in [2.45, 2.75) is 39.2 Å². The predicted molar refractivity (Wildman–Crippen MR) is 114 cm³/mol. The van der Waals surface area contributed by atoms with Crippen LogP contribution in [0.1, 0.15) is 36.5 Å². The van der Waals surface area contributed by atoms with Gasteiger partial charge in [-0.2, -0.15) is 5.06 Å². The van der Waals surface area contributed by atoms with E-state index in [1.165, 1.54) is 0 Å². The van der Waals surface area contributed by atoms with E-state index in [4.69, 9.17) is 19.1 Å². The Balaban J connectivity index is 2.20. The van der Waals surface area contributed by atoms with Gasteiger partial charge in [-0.05, 0) is 56.9 Å². The number of hydroxylamine groups is 4. The lowest BCUT2D eigenvalue weighted by Gasteiger charge is -2.43. The molecular formula is C21H27BrN2O7. The molecular weight excluding hydrogens is 472 g/mol. The van der Waals surface area contributed by atoms with Crippen molar-refractivity contribution in [3.63, 3.8) is 0 Å². The first-order valence-electron chi connectivity index (χ1n) is 10.0. The molecule has 0 aliphatic carbocycles. The van der Waals surface area contributed by atoms with Crippen molar-refractivity contribution in [3.05, 3.63) is 39.1 Å². The van der Waals surface area contributed by atoms with Gasteiger partial charge < -0.3 is 19.4 Å². The fourth-order valence-corrected chi connectivity index (χ4v) is 4.67. The summed E-state index contributed by atoms with van der Waals surface area (Å²) in [4.78, 5) is 36.6. The molecule has 170 valence electrons. The fraction of sp³-hybridized carbons (Fsp3) is 0.524. The molecule has 1 spiro atoms. The summed E-state index contributed by atoms with van der Waals surface area (Å²) in [5.41, 5.74) is 1.70. The molecule has 10 heteroatoms. The van der Waals surface area contributed by atoms with Gasteiger partial charge in [-0.25, -0.2) is 14.7 Å². The molecule has 1 N–H and O–H groups in total. The summed E-state index contributed by atoms with van der Waals surface area (Å²) < 4.78 is 11.4. The number of benzene rings is 1. The molecule has 1 aromatic rings. The lowest BCUT2D eigenvalue weighted by Crippen LogP contribution is -2.55. The van der Waals surface area contributed by atoms with Crippen molar-refractivity contribution in [2.75, 3.05) is 33.6 Å². The molecule has 0 unspecified atom stereocenters. The molecule has 0 radical (unpaired) electrons. The second kappa shape index (κ2) is 9.66. The standard InChI is InChI=1S/C21H27BrN2O7/c1-5-29-20(27)31-18-17(15-10-13(2)14(3)11-16(15)22)19(26)24(30-12-25)21(18)6-8-23(28-4)9-7-21/h10-11,25H,5-9,12H2,1-4H3. The van der Waals surface area contributed by atoms with Gasteiger partial charge in [0.25, 0.3) is 5.91 Å². The monoisotopic (exact) mass is 498 g/mol. The first-order chi connectivity index (χ1) is 14.8. The molecule has 0 atom stereocenters. The topological polar surface area (TPSA) is 97.8 Å². The number of aliphatic hydroxyl groups excluding tert-OH is 1. The average molecular weight is 499 g/mol. The van der Waals surface area contributed by atoms with E-state index in [2.05, 4.69) is 15.9 Å². The molecule has 0 aromatic heterocycles. The minimum absolute atomic E-state index is 0.129. The highest BCUT2D eigenvalue weighted by atomic mass is 79.9. The van der Waals surface area contributed by atoms with E-state index in [-0.39, 0.29) is 17.9 Å². The van der Waals surface area contributed by atoms with Crippen LogP contribution < -0.4 is 0 Å². The maximum Gasteiger partial charge on any atom is 0.513 e. The number of rotatable bonds is 6. The van der Waals surface area contributed by atoms with E-state index in [0.717, 1.165) is 16.2 Å². The minimum Gasteiger partial charge on any atom is -0.434 e. The van der Waals surface area contributed by atoms with Crippen LogP contribution in [0.3, 0.4) is 0 Å². The summed E-state index contributed by atoms with van der Waals surface area (Å²) in [7, 11) is 1.57. The van der Waals surface area contributed by atoms with Gasteiger partial charge in [0.1, 0.15) is 5.54 Å². The second-order valence-corrected chi connectivity index (χ2v) is 8.26. The summed E-state index contributed by atoms with van der Waals surface area (Å²) in [5, 5.41) is 12.4. The van der Waals surface area contributed by atoms with E-state index >= 15 is 0 Å². The van der Waals surface area contributed by atoms with Crippen LogP contribution in [-0.2, 0) is 23.9 Å². The van der Waals surface area contributed by atoms with Gasteiger partial charge in [-0.15, -0.1) is 0 Å². The highest BCUT2D eigenvalue weighted by molar-refractivity contribution is 9.10. The van der Waals surface area contributed by atoms with Crippen molar-refractivity contribution < 1.29 is 33.8 Å². The number of hydrogen-bond acceptors (Lipinski definition) is 8. The van der Waals surface area contributed by atoms with E-state index < -0.39 is 24.4 Å². The van der Waals surface area contributed by atoms with Crippen LogP contribution in [0.4, 0.5) is 4.79 Å². The van der Waals surface area contributed by atoms with Crippen LogP contribution in [0.5, 0.6) is 0 Å². The summed E-state index contributed by atoms with van der Waals surface area (Å²) in [6.07, 6.45) is -0.164. The molecule has 2 aliphatic heterocycles. The maximum absolute atomic E-state index is 13.6. The van der Waals surface area contributed by atoms with Crippen LogP contribution in [0, 0.1) is 13.8 Å². The second-order valence-electron chi connectivity index (χ2n) is 7.41. The van der Waals surface area contributed by atoms with Crippen molar-refractivity contribution in [1.29, 1.82) is 0 Å². The van der Waals surface area contributed by atoms with Crippen molar-refractivity contribution >= 4 is 33.6 Å². The lowest BCUT2D eigenvalue weighted by molar-refractivity contribution is -0.256. The number of halogens is 1. The number of nitrogens with zero attached hydrogens (tertiary/aromatic N) is 2. The molecule has 3 rings (SSSR count). The third-order valence-corrected chi connectivity index (χ3v) is 6.39. The van der Waals surface area contributed by atoms with E-state index in [1.807, 2.05) is 26.0 Å². The Kier molecular flexibility index (Phi) is 7.38. The van der Waals surface area contributed by atoms with Crippen LogP contribution in [-0.4, -0.2) is 66.4 Å². The van der Waals surface area contributed by atoms with Gasteiger partial charge >= 0.3 is 6.16 Å². The Bertz CT molecular complexity index is 894. The number of ether oxygens (including phenoxy) is 2. The van der Waals surface area contributed by atoms with Gasteiger partial charge in [0.15, 0.2) is 12.6 Å². The predicted octanol–water partition coefficient (Wildman–Crippen LogP) is 3.07. The number of aliphatic hydroxyl groups is 1. The van der Waals surface area contributed by atoms with Gasteiger partial charge in [0, 0.05) is 23.1 Å². The largest absolute Gasteiger partial charge is 0.513 e. The molecule has 1 saturated heterocycles. The number of piperidine rings is 1. The fourth-order valence-electron chi connectivity index (χ4n) is 4.01. The van der Waals surface area contributed by atoms with E-state index in [1.54, 1.807) is 19.1 Å². The molecule has 9 nitrogen and oxygen atoms in total. The number of carbonyl (C=O) groups excluding carboxylic acids is 2. The normalized spacial score (nSPS) is 18.8. The molecule has 1 fully saturated rings. The van der Waals surface area contributed by atoms with Crippen molar-refractivity contribution in [2.24, 2.45) is 0 Å². The zero-order chi connectivity index (χ0) is 22.8. The quantitative estimate of drug-likeness (QED) is 0.471. The van der Waals surface area contributed by atoms with Crippen LogP contribution >= 0.6 is 15.9 Å². The zero-order valence-corrected chi connectivity index (χ0v) is 19.7. The highest BCUT2D eigenvalue weighted by Gasteiger charge is 2.57. The summed E-state index contributed by atoms with van der Waals surface area (Å²) in [6.45, 7) is 5.93. The summed E-state index contributed by atoms with van der Waals surface area (Å²) in [5.74, 6) is -0.340. The first-order valence-corrected chi connectivity index (χ1v) is 10.8. The average Bonchev–Trinajstić information content (AvgIpc) is 2.94.